The second kappa shape index (κ2) is 20.1. The molecular weight excluding hydrogens is 340 g/mol. The highest BCUT2D eigenvalue weighted by molar-refractivity contribution is 5.74. The topological polar surface area (TPSA) is 55.8 Å². The summed E-state index contributed by atoms with van der Waals surface area (Å²) in [6.07, 6.45) is 19.8. The molecule has 0 aromatic carbocycles. The smallest absolute Gasteiger partial charge is 0.337 e. The van der Waals surface area contributed by atoms with Gasteiger partial charge in [0.15, 0.2) is 6.10 Å². The second-order valence-corrected chi connectivity index (χ2v) is 7.85. The first-order valence-electron chi connectivity index (χ1n) is 11.5. The molecule has 0 heterocycles. The van der Waals surface area contributed by atoms with E-state index in [1.807, 2.05) is 0 Å². The SMILES string of the molecule is CCCCCCCCCCCCCCCCCCO[C@@H](C)[C@@H](O)C(=O)OC. The van der Waals surface area contributed by atoms with E-state index < -0.39 is 18.2 Å². The minimum atomic E-state index is -1.18. The van der Waals surface area contributed by atoms with Crippen LogP contribution in [0.4, 0.5) is 0 Å². The highest BCUT2D eigenvalue weighted by Crippen LogP contribution is 2.14. The number of esters is 1. The Balaban J connectivity index is 3.20. The molecule has 0 amide bonds. The van der Waals surface area contributed by atoms with Crippen LogP contribution >= 0.6 is 0 Å². The standard InChI is InChI=1S/C23H46O4/c1-4-5-6-7-8-9-10-11-12-13-14-15-16-17-18-19-20-27-21(2)22(24)23(25)26-3/h21-22,24H,4-20H2,1-3H3/t21-,22+/m0/s1. The summed E-state index contributed by atoms with van der Waals surface area (Å²) in [5.74, 6) is -0.630. The van der Waals surface area contributed by atoms with E-state index in [0.717, 1.165) is 12.8 Å². The number of unbranched alkanes of at least 4 members (excludes halogenated alkanes) is 15. The van der Waals surface area contributed by atoms with Crippen molar-refractivity contribution in [2.45, 2.75) is 129 Å². The third-order valence-electron chi connectivity index (χ3n) is 5.27. The van der Waals surface area contributed by atoms with Gasteiger partial charge >= 0.3 is 5.97 Å². The molecule has 0 bridgehead atoms. The fourth-order valence-electron chi connectivity index (χ4n) is 3.32. The van der Waals surface area contributed by atoms with Crippen molar-refractivity contribution in [3.05, 3.63) is 0 Å². The summed E-state index contributed by atoms with van der Waals surface area (Å²) < 4.78 is 10.00. The summed E-state index contributed by atoms with van der Waals surface area (Å²) in [6.45, 7) is 4.57. The molecule has 0 aliphatic carbocycles. The molecule has 0 rings (SSSR count). The summed E-state index contributed by atoms with van der Waals surface area (Å²) in [7, 11) is 1.27. The number of rotatable bonds is 20. The Bertz CT molecular complexity index is 320. The molecule has 2 atom stereocenters. The molecule has 0 radical (unpaired) electrons. The molecule has 0 aromatic rings. The highest BCUT2D eigenvalue weighted by Gasteiger charge is 2.23. The van der Waals surface area contributed by atoms with Crippen molar-refractivity contribution in [3.8, 4) is 0 Å². The highest BCUT2D eigenvalue weighted by atomic mass is 16.5. The lowest BCUT2D eigenvalue weighted by atomic mass is 10.0. The van der Waals surface area contributed by atoms with Crippen LogP contribution in [0, 0.1) is 0 Å². The first-order valence-corrected chi connectivity index (χ1v) is 11.5. The van der Waals surface area contributed by atoms with Gasteiger partial charge in [0, 0.05) is 6.61 Å². The third-order valence-corrected chi connectivity index (χ3v) is 5.27. The Morgan fingerprint density at radius 1 is 0.741 bits per heavy atom. The first-order chi connectivity index (χ1) is 13.1. The lowest BCUT2D eigenvalue weighted by Crippen LogP contribution is -2.34. The molecule has 0 aromatic heterocycles. The number of hydrogen-bond acceptors (Lipinski definition) is 4. The van der Waals surface area contributed by atoms with E-state index in [-0.39, 0.29) is 0 Å². The van der Waals surface area contributed by atoms with Gasteiger partial charge in [-0.3, -0.25) is 0 Å². The molecule has 0 aliphatic rings. The fourth-order valence-corrected chi connectivity index (χ4v) is 3.32. The van der Waals surface area contributed by atoms with E-state index in [2.05, 4.69) is 11.7 Å². The van der Waals surface area contributed by atoms with Crippen molar-refractivity contribution in [2.75, 3.05) is 13.7 Å². The van der Waals surface area contributed by atoms with E-state index in [0.29, 0.717) is 6.61 Å². The van der Waals surface area contributed by atoms with E-state index in [1.165, 1.54) is 97.0 Å². The quantitative estimate of drug-likeness (QED) is 0.200. The first kappa shape index (κ1) is 26.4. The van der Waals surface area contributed by atoms with E-state index in [1.54, 1.807) is 6.92 Å². The van der Waals surface area contributed by atoms with Gasteiger partial charge in [0.1, 0.15) is 0 Å². The normalized spacial score (nSPS) is 13.5. The Kier molecular flexibility index (Phi) is 19.7. The van der Waals surface area contributed by atoms with Crippen molar-refractivity contribution in [1.29, 1.82) is 0 Å². The van der Waals surface area contributed by atoms with Gasteiger partial charge < -0.3 is 14.6 Å². The van der Waals surface area contributed by atoms with E-state index in [9.17, 15) is 9.90 Å². The van der Waals surface area contributed by atoms with Gasteiger partial charge in [-0.25, -0.2) is 4.79 Å². The monoisotopic (exact) mass is 386 g/mol. The van der Waals surface area contributed by atoms with Crippen LogP contribution in [-0.4, -0.2) is 37.0 Å². The minimum absolute atomic E-state index is 0.506. The maximum Gasteiger partial charge on any atom is 0.337 e. The molecule has 0 fully saturated rings. The lowest BCUT2D eigenvalue weighted by molar-refractivity contribution is -0.158. The van der Waals surface area contributed by atoms with E-state index >= 15 is 0 Å². The summed E-state index contributed by atoms with van der Waals surface area (Å²) >= 11 is 0. The van der Waals surface area contributed by atoms with Crippen LogP contribution in [0.3, 0.4) is 0 Å². The zero-order valence-electron chi connectivity index (χ0n) is 18.3. The Morgan fingerprint density at radius 2 is 1.11 bits per heavy atom. The van der Waals surface area contributed by atoms with Crippen molar-refractivity contribution in [2.24, 2.45) is 0 Å². The van der Waals surface area contributed by atoms with Crippen molar-refractivity contribution < 1.29 is 19.4 Å². The maximum atomic E-state index is 11.2. The largest absolute Gasteiger partial charge is 0.467 e. The van der Waals surface area contributed by atoms with Crippen molar-refractivity contribution >= 4 is 5.97 Å². The molecule has 162 valence electrons. The zero-order valence-corrected chi connectivity index (χ0v) is 18.3. The van der Waals surface area contributed by atoms with Crippen LogP contribution in [0.5, 0.6) is 0 Å². The second-order valence-electron chi connectivity index (χ2n) is 7.85. The van der Waals surface area contributed by atoms with Gasteiger partial charge in [-0.05, 0) is 13.3 Å². The molecule has 0 unspecified atom stereocenters. The number of carbonyl (C=O) groups excluding carboxylic acids is 1. The van der Waals surface area contributed by atoms with Crippen LogP contribution in [0.2, 0.25) is 0 Å². The van der Waals surface area contributed by atoms with Gasteiger partial charge in [-0.15, -0.1) is 0 Å². The predicted octanol–water partition coefficient (Wildman–Crippen LogP) is 6.19. The van der Waals surface area contributed by atoms with Crippen LogP contribution in [0.25, 0.3) is 0 Å². The number of hydrogen-bond donors (Lipinski definition) is 1. The summed E-state index contributed by atoms with van der Waals surface area (Å²) in [5, 5.41) is 9.62. The fraction of sp³-hybridized carbons (Fsp3) is 0.957. The Hall–Kier alpha value is -0.610. The van der Waals surface area contributed by atoms with Gasteiger partial charge in [0.25, 0.3) is 0 Å². The van der Waals surface area contributed by atoms with Gasteiger partial charge in [-0.1, -0.05) is 103 Å². The molecular formula is C23H46O4. The van der Waals surface area contributed by atoms with Crippen LogP contribution in [0.15, 0.2) is 0 Å². The number of ether oxygens (including phenoxy) is 2. The van der Waals surface area contributed by atoms with Crippen molar-refractivity contribution in [1.82, 2.24) is 0 Å². The minimum Gasteiger partial charge on any atom is -0.467 e. The van der Waals surface area contributed by atoms with Crippen LogP contribution in [-0.2, 0) is 14.3 Å². The summed E-state index contributed by atoms with van der Waals surface area (Å²) in [4.78, 5) is 11.2. The Morgan fingerprint density at radius 3 is 1.48 bits per heavy atom. The molecule has 1 N–H and O–H groups in total. The molecule has 0 spiro atoms. The lowest BCUT2D eigenvalue weighted by Gasteiger charge is -2.17. The van der Waals surface area contributed by atoms with Crippen LogP contribution < -0.4 is 0 Å². The summed E-state index contributed by atoms with van der Waals surface area (Å²) in [6, 6.07) is 0. The van der Waals surface area contributed by atoms with Crippen molar-refractivity contribution in [3.63, 3.8) is 0 Å². The third kappa shape index (κ3) is 17.2. The molecule has 4 heteroatoms. The van der Waals surface area contributed by atoms with Gasteiger partial charge in [0.05, 0.1) is 13.2 Å². The number of methoxy groups -OCH3 is 1. The molecule has 0 aliphatic heterocycles. The predicted molar refractivity (Wildman–Crippen MR) is 113 cm³/mol. The molecule has 27 heavy (non-hydrogen) atoms. The molecule has 0 saturated carbocycles. The van der Waals surface area contributed by atoms with Gasteiger partial charge in [-0.2, -0.15) is 0 Å². The number of carbonyl (C=O) groups is 1. The number of aliphatic hydroxyl groups is 1. The maximum absolute atomic E-state index is 11.2. The number of aliphatic hydroxyl groups excluding tert-OH is 1. The Labute approximate surface area is 168 Å². The average molecular weight is 387 g/mol. The van der Waals surface area contributed by atoms with Crippen LogP contribution in [0.1, 0.15) is 117 Å². The average Bonchev–Trinajstić information content (AvgIpc) is 2.68. The van der Waals surface area contributed by atoms with Gasteiger partial charge in [0.2, 0.25) is 0 Å². The molecule has 4 nitrogen and oxygen atoms in total. The molecule has 0 saturated heterocycles. The summed E-state index contributed by atoms with van der Waals surface area (Å²) in [5.41, 5.74) is 0. The zero-order chi connectivity index (χ0) is 20.2. The van der Waals surface area contributed by atoms with E-state index in [4.69, 9.17) is 4.74 Å².